The highest BCUT2D eigenvalue weighted by Gasteiger charge is 2.34. The van der Waals surface area contributed by atoms with Gasteiger partial charge in [0.25, 0.3) is 0 Å². The molecule has 2 fully saturated rings. The van der Waals surface area contributed by atoms with Crippen molar-refractivity contribution in [1.29, 1.82) is 0 Å². The number of carbonyl (C=O) groups is 2. The molecule has 0 heterocycles. The Morgan fingerprint density at radius 1 is 1.10 bits per heavy atom. The SMILES string of the molecule is CC1(C)CCCCC1CC(=O)NC1CCC(C(=O)O)CC1. The van der Waals surface area contributed by atoms with E-state index in [1.165, 1.54) is 19.3 Å². The lowest BCUT2D eigenvalue weighted by atomic mass is 9.67. The van der Waals surface area contributed by atoms with Crippen LogP contribution in [-0.4, -0.2) is 23.0 Å². The van der Waals surface area contributed by atoms with E-state index >= 15 is 0 Å². The van der Waals surface area contributed by atoms with Gasteiger partial charge < -0.3 is 10.4 Å². The molecule has 0 radical (unpaired) electrons. The van der Waals surface area contributed by atoms with Crippen LogP contribution in [0.25, 0.3) is 0 Å². The second-order valence-corrected chi connectivity index (χ2v) is 7.59. The molecule has 120 valence electrons. The van der Waals surface area contributed by atoms with Crippen LogP contribution in [0.4, 0.5) is 0 Å². The smallest absolute Gasteiger partial charge is 0.306 e. The Labute approximate surface area is 127 Å². The molecule has 0 aromatic carbocycles. The first-order chi connectivity index (χ1) is 9.88. The molecular weight excluding hydrogens is 266 g/mol. The molecule has 0 spiro atoms. The lowest BCUT2D eigenvalue weighted by Crippen LogP contribution is -2.41. The van der Waals surface area contributed by atoms with E-state index in [1.807, 2.05) is 0 Å². The van der Waals surface area contributed by atoms with E-state index in [0.717, 1.165) is 19.3 Å². The fourth-order valence-electron chi connectivity index (χ4n) is 3.94. The average molecular weight is 295 g/mol. The molecule has 1 atom stereocenters. The molecule has 0 aromatic heterocycles. The van der Waals surface area contributed by atoms with E-state index in [-0.39, 0.29) is 23.3 Å². The summed E-state index contributed by atoms with van der Waals surface area (Å²) in [6.45, 7) is 4.56. The second kappa shape index (κ2) is 6.80. The van der Waals surface area contributed by atoms with Crippen LogP contribution >= 0.6 is 0 Å². The van der Waals surface area contributed by atoms with E-state index in [2.05, 4.69) is 19.2 Å². The summed E-state index contributed by atoms with van der Waals surface area (Å²) in [5.41, 5.74) is 0.274. The molecule has 1 amide bonds. The molecule has 4 heteroatoms. The van der Waals surface area contributed by atoms with E-state index < -0.39 is 5.97 Å². The van der Waals surface area contributed by atoms with Crippen molar-refractivity contribution in [2.75, 3.05) is 0 Å². The molecule has 0 bridgehead atoms. The van der Waals surface area contributed by atoms with Crippen molar-refractivity contribution in [3.63, 3.8) is 0 Å². The summed E-state index contributed by atoms with van der Waals surface area (Å²) in [5.74, 6) is -0.255. The van der Waals surface area contributed by atoms with Crippen LogP contribution < -0.4 is 5.32 Å². The number of carbonyl (C=O) groups excluding carboxylic acids is 1. The molecule has 2 aliphatic carbocycles. The molecule has 0 aliphatic heterocycles. The van der Waals surface area contributed by atoms with Crippen molar-refractivity contribution < 1.29 is 14.7 Å². The maximum absolute atomic E-state index is 12.3. The minimum absolute atomic E-state index is 0.161. The standard InChI is InChI=1S/C17H29NO3/c1-17(2)10-4-3-5-13(17)11-15(19)18-14-8-6-12(7-9-14)16(20)21/h12-14H,3-11H2,1-2H3,(H,18,19)(H,20,21). The Bertz CT molecular complexity index is 383. The Balaban J connectivity index is 1.76. The van der Waals surface area contributed by atoms with Gasteiger partial charge in [0.15, 0.2) is 0 Å². The molecule has 2 N–H and O–H groups in total. The molecule has 2 saturated carbocycles. The number of hydrogen-bond donors (Lipinski definition) is 2. The van der Waals surface area contributed by atoms with Crippen LogP contribution in [0.3, 0.4) is 0 Å². The molecule has 0 aromatic rings. The molecular formula is C17H29NO3. The molecule has 2 rings (SSSR count). The quantitative estimate of drug-likeness (QED) is 0.836. The Morgan fingerprint density at radius 3 is 2.33 bits per heavy atom. The molecule has 2 aliphatic rings. The van der Waals surface area contributed by atoms with Gasteiger partial charge in [-0.3, -0.25) is 9.59 Å². The first-order valence-electron chi connectivity index (χ1n) is 8.40. The van der Waals surface area contributed by atoms with Crippen molar-refractivity contribution in [3.05, 3.63) is 0 Å². The number of carboxylic acids is 1. The van der Waals surface area contributed by atoms with Gasteiger partial charge in [0.1, 0.15) is 0 Å². The molecule has 21 heavy (non-hydrogen) atoms. The highest BCUT2D eigenvalue weighted by molar-refractivity contribution is 5.76. The minimum Gasteiger partial charge on any atom is -0.481 e. The van der Waals surface area contributed by atoms with Gasteiger partial charge >= 0.3 is 5.97 Å². The lowest BCUT2D eigenvalue weighted by Gasteiger charge is -2.38. The number of nitrogens with one attached hydrogen (secondary N) is 1. The summed E-state index contributed by atoms with van der Waals surface area (Å²) >= 11 is 0. The predicted octanol–water partition coefficient (Wildman–Crippen LogP) is 3.35. The largest absolute Gasteiger partial charge is 0.481 e. The number of aliphatic carboxylic acids is 1. The minimum atomic E-state index is -0.691. The lowest BCUT2D eigenvalue weighted by molar-refractivity contribution is -0.142. The monoisotopic (exact) mass is 295 g/mol. The number of carboxylic acid groups (broad SMARTS) is 1. The fourth-order valence-corrected chi connectivity index (χ4v) is 3.94. The van der Waals surface area contributed by atoms with Crippen LogP contribution in [0, 0.1) is 17.3 Å². The zero-order valence-electron chi connectivity index (χ0n) is 13.4. The molecule has 1 unspecified atom stereocenters. The number of rotatable bonds is 4. The van der Waals surface area contributed by atoms with Crippen molar-refractivity contribution in [1.82, 2.24) is 5.32 Å². The zero-order valence-corrected chi connectivity index (χ0v) is 13.4. The highest BCUT2D eigenvalue weighted by Crippen LogP contribution is 2.42. The predicted molar refractivity (Wildman–Crippen MR) is 81.9 cm³/mol. The summed E-state index contributed by atoms with van der Waals surface area (Å²) in [6.07, 6.45) is 8.51. The summed E-state index contributed by atoms with van der Waals surface area (Å²) in [4.78, 5) is 23.2. The third kappa shape index (κ3) is 4.45. The number of amides is 1. The van der Waals surface area contributed by atoms with Crippen LogP contribution in [0.2, 0.25) is 0 Å². The van der Waals surface area contributed by atoms with Crippen molar-refractivity contribution in [2.45, 2.75) is 77.7 Å². The van der Waals surface area contributed by atoms with Crippen molar-refractivity contribution in [2.24, 2.45) is 17.3 Å². The van der Waals surface area contributed by atoms with Crippen LogP contribution in [-0.2, 0) is 9.59 Å². The van der Waals surface area contributed by atoms with Gasteiger partial charge in [-0.05, 0) is 49.9 Å². The van der Waals surface area contributed by atoms with E-state index in [1.54, 1.807) is 0 Å². The zero-order chi connectivity index (χ0) is 15.5. The van der Waals surface area contributed by atoms with E-state index in [0.29, 0.717) is 25.2 Å². The average Bonchev–Trinajstić information content (AvgIpc) is 2.41. The first-order valence-corrected chi connectivity index (χ1v) is 8.40. The van der Waals surface area contributed by atoms with Crippen molar-refractivity contribution >= 4 is 11.9 Å². The number of hydrogen-bond acceptors (Lipinski definition) is 2. The first kappa shape index (κ1) is 16.3. The van der Waals surface area contributed by atoms with Crippen LogP contribution in [0.15, 0.2) is 0 Å². The van der Waals surface area contributed by atoms with Gasteiger partial charge in [0.05, 0.1) is 5.92 Å². The van der Waals surface area contributed by atoms with Crippen molar-refractivity contribution in [3.8, 4) is 0 Å². The summed E-state index contributed by atoms with van der Waals surface area (Å²) in [5, 5.41) is 12.1. The van der Waals surface area contributed by atoms with Gasteiger partial charge in [0.2, 0.25) is 5.91 Å². The van der Waals surface area contributed by atoms with E-state index in [4.69, 9.17) is 5.11 Å². The Morgan fingerprint density at radius 2 is 1.76 bits per heavy atom. The summed E-state index contributed by atoms with van der Waals surface area (Å²) in [6, 6.07) is 0.180. The Kier molecular flexibility index (Phi) is 5.28. The normalized spacial score (nSPS) is 32.4. The summed E-state index contributed by atoms with van der Waals surface area (Å²) < 4.78 is 0. The van der Waals surface area contributed by atoms with Crippen LogP contribution in [0.1, 0.15) is 71.6 Å². The van der Waals surface area contributed by atoms with E-state index in [9.17, 15) is 9.59 Å². The van der Waals surface area contributed by atoms with Crippen LogP contribution in [0.5, 0.6) is 0 Å². The second-order valence-electron chi connectivity index (χ2n) is 7.59. The highest BCUT2D eigenvalue weighted by atomic mass is 16.4. The van der Waals surface area contributed by atoms with Gasteiger partial charge in [-0.2, -0.15) is 0 Å². The van der Waals surface area contributed by atoms with Gasteiger partial charge in [-0.15, -0.1) is 0 Å². The topological polar surface area (TPSA) is 66.4 Å². The summed E-state index contributed by atoms with van der Waals surface area (Å²) in [7, 11) is 0. The van der Waals surface area contributed by atoms with Gasteiger partial charge in [0, 0.05) is 12.5 Å². The van der Waals surface area contributed by atoms with Gasteiger partial charge in [-0.1, -0.05) is 26.7 Å². The fraction of sp³-hybridized carbons (Fsp3) is 0.882. The Hall–Kier alpha value is -1.06. The van der Waals surface area contributed by atoms with Gasteiger partial charge in [-0.25, -0.2) is 0 Å². The molecule has 0 saturated heterocycles. The third-order valence-electron chi connectivity index (χ3n) is 5.60. The third-order valence-corrected chi connectivity index (χ3v) is 5.60. The molecule has 4 nitrogen and oxygen atoms in total. The maximum Gasteiger partial charge on any atom is 0.306 e. The maximum atomic E-state index is 12.3.